The minimum absolute atomic E-state index is 0.727. The number of imidazole rings is 1. The number of rotatable bonds is 3. The van der Waals surface area contributed by atoms with Gasteiger partial charge in [0, 0.05) is 30.9 Å². The second-order valence-corrected chi connectivity index (χ2v) is 4.15. The molecule has 4 nitrogen and oxygen atoms in total. The summed E-state index contributed by atoms with van der Waals surface area (Å²) < 4.78 is 1.99. The van der Waals surface area contributed by atoms with Gasteiger partial charge in [-0.05, 0) is 12.1 Å². The van der Waals surface area contributed by atoms with Crippen LogP contribution in [0, 0.1) is 0 Å². The molecule has 0 atom stereocenters. The Morgan fingerprint density at radius 3 is 3.07 bits per heavy atom. The number of aryl methyl sites for hydroxylation is 1. The Kier molecular flexibility index (Phi) is 2.91. The zero-order chi connectivity index (χ0) is 10.7. The van der Waals surface area contributed by atoms with Gasteiger partial charge in [0.1, 0.15) is 5.03 Å². The summed E-state index contributed by atoms with van der Waals surface area (Å²) >= 11 is 1.62. The Balaban J connectivity index is 2.06. The maximum atomic E-state index is 5.79. The molecule has 0 bridgehead atoms. The number of nitrogens with two attached hydrogens (primary N) is 1. The van der Waals surface area contributed by atoms with Crippen LogP contribution in [0.15, 0.2) is 35.9 Å². The summed E-state index contributed by atoms with van der Waals surface area (Å²) in [5, 5.41) is 0.874. The summed E-state index contributed by atoms with van der Waals surface area (Å²) in [5.74, 6) is 0.831. The lowest BCUT2D eigenvalue weighted by Gasteiger charge is -2.03. The van der Waals surface area contributed by atoms with Crippen LogP contribution in [0.4, 0.5) is 5.69 Å². The molecular weight excluding hydrogens is 208 g/mol. The third kappa shape index (κ3) is 2.30. The smallest absolute Gasteiger partial charge is 0.119 e. The zero-order valence-electron chi connectivity index (χ0n) is 8.42. The van der Waals surface area contributed by atoms with Gasteiger partial charge in [-0.25, -0.2) is 9.97 Å². The van der Waals surface area contributed by atoms with Gasteiger partial charge in [-0.2, -0.15) is 0 Å². The van der Waals surface area contributed by atoms with Gasteiger partial charge in [0.15, 0.2) is 0 Å². The van der Waals surface area contributed by atoms with Crippen LogP contribution in [0.1, 0.15) is 5.69 Å². The van der Waals surface area contributed by atoms with Crippen LogP contribution >= 0.6 is 11.8 Å². The van der Waals surface area contributed by atoms with Gasteiger partial charge < -0.3 is 10.3 Å². The van der Waals surface area contributed by atoms with E-state index in [4.69, 9.17) is 5.73 Å². The lowest BCUT2D eigenvalue weighted by molar-refractivity contribution is 0.866. The summed E-state index contributed by atoms with van der Waals surface area (Å²) in [4.78, 5) is 8.27. The standard InChI is InChI=1S/C10H12N4S/c1-14-7-12-5-8(14)6-15-10-9(11)3-2-4-13-10/h2-5,7H,6,11H2,1H3. The Bertz CT molecular complexity index is 452. The number of nitrogen functional groups attached to an aromatic ring is 1. The number of nitrogens with zero attached hydrogens (tertiary/aromatic N) is 3. The maximum Gasteiger partial charge on any atom is 0.119 e. The van der Waals surface area contributed by atoms with Crippen molar-refractivity contribution in [2.75, 3.05) is 5.73 Å². The minimum atomic E-state index is 0.727. The minimum Gasteiger partial charge on any atom is -0.397 e. The van der Waals surface area contributed by atoms with E-state index in [1.54, 1.807) is 24.3 Å². The van der Waals surface area contributed by atoms with Crippen LogP contribution in [0.25, 0.3) is 0 Å². The molecule has 0 saturated carbocycles. The molecule has 78 valence electrons. The van der Waals surface area contributed by atoms with E-state index in [1.807, 2.05) is 29.9 Å². The van der Waals surface area contributed by atoms with Gasteiger partial charge in [-0.1, -0.05) is 11.8 Å². The van der Waals surface area contributed by atoms with Crippen molar-refractivity contribution in [1.82, 2.24) is 14.5 Å². The summed E-state index contributed by atoms with van der Waals surface area (Å²) in [7, 11) is 1.98. The van der Waals surface area contributed by atoms with Gasteiger partial charge in [-0.15, -0.1) is 0 Å². The molecule has 2 aromatic rings. The average Bonchev–Trinajstić information content (AvgIpc) is 2.63. The molecule has 0 aromatic carbocycles. The van der Waals surface area contributed by atoms with Crippen molar-refractivity contribution < 1.29 is 0 Å². The second kappa shape index (κ2) is 4.35. The van der Waals surface area contributed by atoms with E-state index in [0.29, 0.717) is 0 Å². The summed E-state index contributed by atoms with van der Waals surface area (Å²) in [6, 6.07) is 3.70. The highest BCUT2D eigenvalue weighted by atomic mass is 32.2. The molecule has 2 rings (SSSR count). The Morgan fingerprint density at radius 1 is 1.53 bits per heavy atom. The Morgan fingerprint density at radius 2 is 2.40 bits per heavy atom. The molecule has 0 radical (unpaired) electrons. The number of anilines is 1. The van der Waals surface area contributed by atoms with Gasteiger partial charge in [0.25, 0.3) is 0 Å². The number of hydrogen-bond donors (Lipinski definition) is 1. The molecule has 2 N–H and O–H groups in total. The molecule has 0 spiro atoms. The fourth-order valence-corrected chi connectivity index (χ4v) is 2.12. The highest BCUT2D eigenvalue weighted by molar-refractivity contribution is 7.98. The van der Waals surface area contributed by atoms with Crippen molar-refractivity contribution in [3.8, 4) is 0 Å². The van der Waals surface area contributed by atoms with Gasteiger partial charge in [-0.3, -0.25) is 0 Å². The maximum absolute atomic E-state index is 5.79. The highest BCUT2D eigenvalue weighted by Crippen LogP contribution is 2.24. The fraction of sp³-hybridized carbons (Fsp3) is 0.200. The van der Waals surface area contributed by atoms with Gasteiger partial charge in [0.2, 0.25) is 0 Å². The normalized spacial score (nSPS) is 10.5. The molecule has 15 heavy (non-hydrogen) atoms. The molecule has 0 aliphatic carbocycles. The van der Waals surface area contributed by atoms with E-state index < -0.39 is 0 Å². The number of hydrogen-bond acceptors (Lipinski definition) is 4. The topological polar surface area (TPSA) is 56.7 Å². The third-order valence-electron chi connectivity index (χ3n) is 2.07. The first-order chi connectivity index (χ1) is 7.27. The molecule has 0 unspecified atom stereocenters. The Labute approximate surface area is 92.5 Å². The largest absolute Gasteiger partial charge is 0.397 e. The molecule has 0 fully saturated rings. The highest BCUT2D eigenvalue weighted by Gasteiger charge is 2.03. The van der Waals surface area contributed by atoms with Crippen LogP contribution in [-0.2, 0) is 12.8 Å². The molecule has 2 heterocycles. The summed E-state index contributed by atoms with van der Waals surface area (Å²) in [6.07, 6.45) is 5.39. The van der Waals surface area contributed by atoms with E-state index in [-0.39, 0.29) is 0 Å². The van der Waals surface area contributed by atoms with Crippen molar-refractivity contribution in [2.45, 2.75) is 10.8 Å². The van der Waals surface area contributed by atoms with E-state index in [9.17, 15) is 0 Å². The molecule has 0 aliphatic heterocycles. The first-order valence-corrected chi connectivity index (χ1v) is 5.54. The average molecular weight is 220 g/mol. The predicted molar refractivity (Wildman–Crippen MR) is 61.4 cm³/mol. The molecular formula is C10H12N4S. The Hall–Kier alpha value is -1.49. The van der Waals surface area contributed by atoms with E-state index in [2.05, 4.69) is 9.97 Å². The van der Waals surface area contributed by atoms with Crippen LogP contribution in [-0.4, -0.2) is 14.5 Å². The monoisotopic (exact) mass is 220 g/mol. The van der Waals surface area contributed by atoms with E-state index in [1.165, 1.54) is 0 Å². The van der Waals surface area contributed by atoms with Crippen molar-refractivity contribution in [3.63, 3.8) is 0 Å². The quantitative estimate of drug-likeness (QED) is 0.800. The SMILES string of the molecule is Cn1cncc1CSc1ncccc1N. The first kappa shape index (κ1) is 10.0. The lowest BCUT2D eigenvalue weighted by Crippen LogP contribution is -1.94. The predicted octanol–water partition coefficient (Wildman–Crippen LogP) is 1.69. The zero-order valence-corrected chi connectivity index (χ0v) is 9.24. The third-order valence-corrected chi connectivity index (χ3v) is 3.13. The van der Waals surface area contributed by atoms with Crippen LogP contribution in [0.3, 0.4) is 0 Å². The number of pyridine rings is 1. The summed E-state index contributed by atoms with van der Waals surface area (Å²) in [5.41, 5.74) is 7.68. The number of aromatic nitrogens is 3. The molecule has 0 amide bonds. The fourth-order valence-electron chi connectivity index (χ4n) is 1.19. The molecule has 0 saturated heterocycles. The van der Waals surface area contributed by atoms with E-state index >= 15 is 0 Å². The first-order valence-electron chi connectivity index (χ1n) is 4.56. The van der Waals surface area contributed by atoms with Crippen LogP contribution < -0.4 is 5.73 Å². The molecule has 2 aromatic heterocycles. The van der Waals surface area contributed by atoms with Crippen molar-refractivity contribution in [2.24, 2.45) is 7.05 Å². The van der Waals surface area contributed by atoms with Crippen molar-refractivity contribution in [1.29, 1.82) is 0 Å². The van der Waals surface area contributed by atoms with Crippen LogP contribution in [0.2, 0.25) is 0 Å². The van der Waals surface area contributed by atoms with Crippen molar-refractivity contribution in [3.05, 3.63) is 36.5 Å². The number of thioether (sulfide) groups is 1. The molecule has 0 aliphatic rings. The molecule has 5 heteroatoms. The van der Waals surface area contributed by atoms with E-state index in [0.717, 1.165) is 22.2 Å². The second-order valence-electron chi connectivity index (χ2n) is 3.18. The van der Waals surface area contributed by atoms with Gasteiger partial charge in [0.05, 0.1) is 12.0 Å². The van der Waals surface area contributed by atoms with Gasteiger partial charge >= 0.3 is 0 Å². The van der Waals surface area contributed by atoms with Crippen molar-refractivity contribution >= 4 is 17.4 Å². The lowest BCUT2D eigenvalue weighted by atomic mass is 10.4. The summed E-state index contributed by atoms with van der Waals surface area (Å²) in [6.45, 7) is 0. The van der Waals surface area contributed by atoms with Crippen LogP contribution in [0.5, 0.6) is 0 Å².